The van der Waals surface area contributed by atoms with Gasteiger partial charge in [0.05, 0.1) is 23.1 Å². The Labute approximate surface area is 257 Å². The molecule has 5 rings (SSSR count). The van der Waals surface area contributed by atoms with Crippen molar-refractivity contribution in [3.63, 3.8) is 0 Å². The summed E-state index contributed by atoms with van der Waals surface area (Å²) < 4.78 is 0. The van der Waals surface area contributed by atoms with Crippen molar-refractivity contribution in [1.82, 2.24) is 10.2 Å². The minimum Gasteiger partial charge on any atom is -0.356 e. The van der Waals surface area contributed by atoms with Crippen molar-refractivity contribution >= 4 is 39.3 Å². The highest BCUT2D eigenvalue weighted by Gasteiger charge is 2.45. The topological polar surface area (TPSA) is 66.5 Å². The molecule has 0 radical (unpaired) electrons. The molecule has 1 saturated carbocycles. The van der Waals surface area contributed by atoms with Crippen LogP contribution in [0.4, 0.5) is 0 Å². The normalized spacial score (nSPS) is 19.3. The van der Waals surface area contributed by atoms with Crippen LogP contribution in [0.15, 0.2) is 48.5 Å². The van der Waals surface area contributed by atoms with Crippen molar-refractivity contribution in [3.8, 4) is 0 Å². The first kappa shape index (κ1) is 31.2. The molecule has 0 aromatic heterocycles. The first-order chi connectivity index (χ1) is 21.0. The Morgan fingerprint density at radius 3 is 1.88 bits per heavy atom. The highest BCUT2D eigenvalue weighted by molar-refractivity contribution is 6.23. The van der Waals surface area contributed by atoms with Gasteiger partial charge in [0.1, 0.15) is 0 Å². The molecule has 43 heavy (non-hydrogen) atoms. The molecule has 0 unspecified atom stereocenters. The molecule has 2 aliphatic rings. The summed E-state index contributed by atoms with van der Waals surface area (Å²) in [6, 6.07) is 15.6. The molecule has 1 aliphatic heterocycles. The van der Waals surface area contributed by atoms with E-state index in [0.29, 0.717) is 30.5 Å². The van der Waals surface area contributed by atoms with Crippen LogP contribution in [0.3, 0.4) is 0 Å². The Balaban J connectivity index is 1.10. The first-order valence-corrected chi connectivity index (χ1v) is 17.1. The van der Waals surface area contributed by atoms with E-state index >= 15 is 0 Å². The lowest BCUT2D eigenvalue weighted by atomic mass is 9.82. The van der Waals surface area contributed by atoms with Crippen molar-refractivity contribution in [1.29, 1.82) is 0 Å². The van der Waals surface area contributed by atoms with Gasteiger partial charge >= 0.3 is 0 Å². The monoisotopic (exact) mass is 582 g/mol. The minimum atomic E-state index is -0.381. The van der Waals surface area contributed by atoms with Gasteiger partial charge in [0.25, 0.3) is 11.8 Å². The zero-order chi connectivity index (χ0) is 30.2. The smallest absolute Gasteiger partial charge is 0.261 e. The third kappa shape index (κ3) is 7.48. The number of rotatable bonds is 15. The van der Waals surface area contributed by atoms with E-state index in [-0.39, 0.29) is 29.7 Å². The van der Waals surface area contributed by atoms with Crippen molar-refractivity contribution in [2.45, 2.75) is 116 Å². The Morgan fingerprint density at radius 2 is 1.30 bits per heavy atom. The molecule has 230 valence electrons. The van der Waals surface area contributed by atoms with Crippen LogP contribution >= 0.6 is 0 Å². The lowest BCUT2D eigenvalue weighted by molar-refractivity contribution is -0.127. The van der Waals surface area contributed by atoms with Crippen LogP contribution in [0.1, 0.15) is 131 Å². The molecule has 0 bridgehead atoms. The van der Waals surface area contributed by atoms with Crippen molar-refractivity contribution in [2.75, 3.05) is 6.54 Å². The average Bonchev–Trinajstić information content (AvgIpc) is 3.26. The SMILES string of the molecule is CC[C@H](C)CCCCCCCCCCCNC(=O)[C@H]1CCCC[C@@H]1N1C(=O)c2cc3cc4ccccc4cc3cc2C1=O. The molecule has 3 aromatic carbocycles. The maximum atomic E-state index is 13.7. The van der Waals surface area contributed by atoms with Gasteiger partial charge < -0.3 is 5.32 Å². The number of hydrogen-bond donors (Lipinski definition) is 1. The van der Waals surface area contributed by atoms with Crippen molar-refractivity contribution < 1.29 is 14.4 Å². The molecule has 1 aliphatic carbocycles. The lowest BCUT2D eigenvalue weighted by Gasteiger charge is -2.35. The van der Waals surface area contributed by atoms with Crippen molar-refractivity contribution in [2.24, 2.45) is 11.8 Å². The fourth-order valence-electron chi connectivity index (χ4n) is 7.13. The number of carbonyl (C=O) groups is 3. The van der Waals surface area contributed by atoms with Gasteiger partial charge in [-0.25, -0.2) is 0 Å². The molecule has 0 saturated heterocycles. The maximum Gasteiger partial charge on any atom is 0.261 e. The van der Waals surface area contributed by atoms with Gasteiger partial charge in [0.15, 0.2) is 0 Å². The summed E-state index contributed by atoms with van der Waals surface area (Å²) in [5.74, 6) is 0.0169. The molecular weight excluding hydrogens is 532 g/mol. The number of hydrogen-bond acceptors (Lipinski definition) is 3. The molecule has 1 N–H and O–H groups in total. The van der Waals surface area contributed by atoms with E-state index < -0.39 is 0 Å². The summed E-state index contributed by atoms with van der Waals surface area (Å²) in [6.45, 7) is 5.30. The second-order valence-corrected chi connectivity index (χ2v) is 13.2. The van der Waals surface area contributed by atoms with Crippen LogP contribution in [-0.4, -0.2) is 35.2 Å². The van der Waals surface area contributed by atoms with E-state index in [4.69, 9.17) is 0 Å². The summed E-state index contributed by atoms with van der Waals surface area (Å²) in [7, 11) is 0. The summed E-state index contributed by atoms with van der Waals surface area (Å²) in [5, 5.41) is 7.27. The number of imide groups is 1. The van der Waals surface area contributed by atoms with Gasteiger partial charge in [-0.1, -0.05) is 115 Å². The van der Waals surface area contributed by atoms with Crippen LogP contribution < -0.4 is 5.32 Å². The molecule has 1 heterocycles. The third-order valence-corrected chi connectivity index (χ3v) is 10.0. The molecule has 5 nitrogen and oxygen atoms in total. The number of nitrogens with one attached hydrogen (secondary N) is 1. The molecule has 3 aromatic rings. The molecule has 5 heteroatoms. The minimum absolute atomic E-state index is 0.00458. The van der Waals surface area contributed by atoms with Gasteiger partial charge in [0, 0.05) is 6.54 Å². The molecular formula is C38H50N2O3. The molecule has 1 fully saturated rings. The molecule has 3 amide bonds. The van der Waals surface area contributed by atoms with Gasteiger partial charge in [-0.05, 0) is 71.0 Å². The number of benzene rings is 3. The summed E-state index contributed by atoms with van der Waals surface area (Å²) in [6.07, 6.45) is 17.3. The zero-order valence-corrected chi connectivity index (χ0v) is 26.3. The van der Waals surface area contributed by atoms with Crippen LogP contribution in [0.5, 0.6) is 0 Å². The van der Waals surface area contributed by atoms with Crippen LogP contribution in [0.25, 0.3) is 21.5 Å². The number of fused-ring (bicyclic) bond motifs is 3. The highest BCUT2D eigenvalue weighted by atomic mass is 16.2. The van der Waals surface area contributed by atoms with Crippen LogP contribution in [-0.2, 0) is 4.79 Å². The van der Waals surface area contributed by atoms with Crippen LogP contribution in [0.2, 0.25) is 0 Å². The lowest BCUT2D eigenvalue weighted by Crippen LogP contribution is -2.50. The summed E-state index contributed by atoms with van der Waals surface area (Å²) in [4.78, 5) is 42.1. The summed E-state index contributed by atoms with van der Waals surface area (Å²) >= 11 is 0. The van der Waals surface area contributed by atoms with E-state index in [2.05, 4.69) is 43.4 Å². The first-order valence-electron chi connectivity index (χ1n) is 17.1. The van der Waals surface area contributed by atoms with Gasteiger partial charge in [0.2, 0.25) is 5.91 Å². The third-order valence-electron chi connectivity index (χ3n) is 10.0. The standard InChI is InChI=1S/C38H50N2O3/c1-3-27(2)17-11-9-7-5-4-6-8-10-16-22-39-36(41)32-20-14-15-21-35(32)40-37(42)33-25-30-23-28-18-12-13-19-29(28)24-31(30)26-34(33)38(40)43/h12-13,18-19,23-27,32,35H,3-11,14-17,20-22H2,1-2H3,(H,39,41)/t27-,32-,35-/m0/s1. The Hall–Kier alpha value is -3.21. The highest BCUT2D eigenvalue weighted by Crippen LogP contribution is 2.36. The number of nitrogens with zero attached hydrogens (tertiary/aromatic N) is 1. The predicted molar refractivity (Wildman–Crippen MR) is 176 cm³/mol. The van der Waals surface area contributed by atoms with Crippen molar-refractivity contribution in [3.05, 3.63) is 59.7 Å². The summed E-state index contributed by atoms with van der Waals surface area (Å²) in [5.41, 5.74) is 0.923. The Kier molecular flexibility index (Phi) is 10.9. The van der Waals surface area contributed by atoms with E-state index in [1.165, 1.54) is 62.7 Å². The van der Waals surface area contributed by atoms with Gasteiger partial charge in [-0.3, -0.25) is 19.3 Å². The van der Waals surface area contributed by atoms with E-state index in [1.807, 2.05) is 24.3 Å². The second kappa shape index (κ2) is 15.0. The maximum absolute atomic E-state index is 13.7. The number of carbonyl (C=O) groups excluding carboxylic acids is 3. The average molecular weight is 583 g/mol. The van der Waals surface area contributed by atoms with Gasteiger partial charge in [-0.2, -0.15) is 0 Å². The fraction of sp³-hybridized carbons (Fsp3) is 0.553. The molecule has 0 spiro atoms. The van der Waals surface area contributed by atoms with E-state index in [0.717, 1.165) is 53.1 Å². The predicted octanol–water partition coefficient (Wildman–Crippen LogP) is 9.21. The second-order valence-electron chi connectivity index (χ2n) is 13.2. The Morgan fingerprint density at radius 1 is 0.767 bits per heavy atom. The quantitative estimate of drug-likeness (QED) is 0.110. The number of unbranched alkanes of at least 4 members (excludes halogenated alkanes) is 8. The van der Waals surface area contributed by atoms with Crippen LogP contribution in [0, 0.1) is 11.8 Å². The van der Waals surface area contributed by atoms with Gasteiger partial charge in [-0.15, -0.1) is 0 Å². The Bertz CT molecular complexity index is 1360. The fourth-order valence-corrected chi connectivity index (χ4v) is 7.13. The molecule has 3 atom stereocenters. The number of amides is 3. The zero-order valence-electron chi connectivity index (χ0n) is 26.3. The van der Waals surface area contributed by atoms with E-state index in [1.54, 1.807) is 0 Å². The van der Waals surface area contributed by atoms with E-state index in [9.17, 15) is 14.4 Å². The largest absolute Gasteiger partial charge is 0.356 e.